The SMILES string of the molecule is COc1ccc(C(=O)C(CCC(C)=O)C(=O)c2ccc(Cl)cc2)cc1. The van der Waals surface area contributed by atoms with Gasteiger partial charge in [-0.05, 0) is 61.9 Å². The molecule has 2 aromatic carbocycles. The first-order valence-electron chi connectivity index (χ1n) is 7.90. The second-order valence-electron chi connectivity index (χ2n) is 5.76. The Morgan fingerprint density at radius 2 is 1.40 bits per heavy atom. The van der Waals surface area contributed by atoms with Crippen LogP contribution in [0.4, 0.5) is 0 Å². The van der Waals surface area contributed by atoms with E-state index in [0.717, 1.165) is 0 Å². The van der Waals surface area contributed by atoms with Crippen LogP contribution in [0.2, 0.25) is 5.02 Å². The number of carbonyl (C=O) groups is 3. The lowest BCUT2D eigenvalue weighted by atomic mass is 9.86. The van der Waals surface area contributed by atoms with E-state index in [2.05, 4.69) is 0 Å². The Labute approximate surface area is 151 Å². The van der Waals surface area contributed by atoms with Crippen LogP contribution in [0.25, 0.3) is 0 Å². The highest BCUT2D eigenvalue weighted by atomic mass is 35.5. The zero-order valence-corrected chi connectivity index (χ0v) is 14.9. The third-order valence-electron chi connectivity index (χ3n) is 3.92. The molecule has 2 rings (SSSR count). The quantitative estimate of drug-likeness (QED) is 0.518. The van der Waals surface area contributed by atoms with Crippen LogP contribution in [-0.2, 0) is 4.79 Å². The molecule has 0 saturated carbocycles. The monoisotopic (exact) mass is 358 g/mol. The van der Waals surface area contributed by atoms with Crippen molar-refractivity contribution in [1.82, 2.24) is 0 Å². The van der Waals surface area contributed by atoms with Crippen LogP contribution in [0.1, 0.15) is 40.5 Å². The van der Waals surface area contributed by atoms with E-state index in [4.69, 9.17) is 16.3 Å². The van der Waals surface area contributed by atoms with E-state index in [-0.39, 0.29) is 30.2 Å². The largest absolute Gasteiger partial charge is 0.497 e. The topological polar surface area (TPSA) is 60.4 Å². The fourth-order valence-corrected chi connectivity index (χ4v) is 2.63. The molecule has 1 unspecified atom stereocenters. The lowest BCUT2D eigenvalue weighted by Crippen LogP contribution is -2.25. The van der Waals surface area contributed by atoms with Gasteiger partial charge in [0, 0.05) is 22.6 Å². The molecule has 5 heteroatoms. The van der Waals surface area contributed by atoms with E-state index in [1.807, 2.05) is 0 Å². The molecule has 2 aromatic rings. The summed E-state index contributed by atoms with van der Waals surface area (Å²) in [7, 11) is 1.54. The Morgan fingerprint density at radius 3 is 1.84 bits per heavy atom. The number of carbonyl (C=O) groups excluding carboxylic acids is 3. The van der Waals surface area contributed by atoms with Crippen molar-refractivity contribution in [2.24, 2.45) is 5.92 Å². The minimum absolute atomic E-state index is 0.0589. The Bertz CT molecular complexity index is 763. The lowest BCUT2D eigenvalue weighted by molar-refractivity contribution is -0.117. The van der Waals surface area contributed by atoms with E-state index >= 15 is 0 Å². The van der Waals surface area contributed by atoms with Crippen LogP contribution in [-0.4, -0.2) is 24.5 Å². The third kappa shape index (κ3) is 5.00. The number of benzene rings is 2. The van der Waals surface area contributed by atoms with Crippen molar-refractivity contribution in [2.75, 3.05) is 7.11 Å². The molecular weight excluding hydrogens is 340 g/mol. The predicted molar refractivity (Wildman–Crippen MR) is 96.5 cm³/mol. The summed E-state index contributed by atoms with van der Waals surface area (Å²) in [5.74, 6) is -0.946. The highest BCUT2D eigenvalue weighted by Gasteiger charge is 2.28. The smallest absolute Gasteiger partial charge is 0.173 e. The molecule has 0 amide bonds. The van der Waals surface area contributed by atoms with Crippen LogP contribution in [0.15, 0.2) is 48.5 Å². The summed E-state index contributed by atoms with van der Waals surface area (Å²) in [5, 5.41) is 0.512. The minimum Gasteiger partial charge on any atom is -0.497 e. The molecule has 1 atom stereocenters. The standard InChI is InChI=1S/C20H19ClO4/c1-13(22)3-12-18(19(23)14-4-8-16(21)9-5-14)20(24)15-6-10-17(25-2)11-7-15/h4-11,18H,3,12H2,1-2H3. The molecular formula is C20H19ClO4. The molecule has 0 aromatic heterocycles. The Kier molecular flexibility index (Phi) is 6.48. The first-order chi connectivity index (χ1) is 11.9. The van der Waals surface area contributed by atoms with Gasteiger partial charge in [-0.15, -0.1) is 0 Å². The Balaban J connectivity index is 2.29. The van der Waals surface area contributed by atoms with Crippen molar-refractivity contribution in [3.63, 3.8) is 0 Å². The average molecular weight is 359 g/mol. The molecule has 0 N–H and O–H groups in total. The van der Waals surface area contributed by atoms with Gasteiger partial charge < -0.3 is 9.53 Å². The first kappa shape index (κ1) is 18.9. The van der Waals surface area contributed by atoms with Crippen molar-refractivity contribution in [3.8, 4) is 5.75 Å². The zero-order chi connectivity index (χ0) is 18.4. The fraction of sp³-hybridized carbons (Fsp3) is 0.250. The van der Waals surface area contributed by atoms with Gasteiger partial charge in [0.1, 0.15) is 11.5 Å². The highest BCUT2D eigenvalue weighted by molar-refractivity contribution is 6.30. The first-order valence-corrected chi connectivity index (χ1v) is 8.27. The van der Waals surface area contributed by atoms with E-state index in [1.54, 1.807) is 48.5 Å². The summed E-state index contributed by atoms with van der Waals surface area (Å²) < 4.78 is 5.08. The molecule has 0 bridgehead atoms. The van der Waals surface area contributed by atoms with Crippen molar-refractivity contribution in [1.29, 1.82) is 0 Å². The summed E-state index contributed by atoms with van der Waals surface area (Å²) >= 11 is 5.85. The molecule has 0 spiro atoms. The molecule has 0 aliphatic heterocycles. The normalized spacial score (nSPS) is 11.6. The van der Waals surface area contributed by atoms with Crippen molar-refractivity contribution < 1.29 is 19.1 Å². The van der Waals surface area contributed by atoms with Gasteiger partial charge in [-0.2, -0.15) is 0 Å². The molecule has 0 aliphatic carbocycles. The van der Waals surface area contributed by atoms with Gasteiger partial charge in [0.15, 0.2) is 11.6 Å². The van der Waals surface area contributed by atoms with Gasteiger partial charge in [-0.25, -0.2) is 0 Å². The number of ether oxygens (including phenoxy) is 1. The average Bonchev–Trinajstić information content (AvgIpc) is 2.62. The predicted octanol–water partition coefficient (Wildman–Crippen LogP) is 4.40. The maximum Gasteiger partial charge on any atom is 0.173 e. The Hall–Kier alpha value is -2.46. The molecule has 130 valence electrons. The van der Waals surface area contributed by atoms with Crippen LogP contribution in [0.5, 0.6) is 5.75 Å². The maximum absolute atomic E-state index is 12.8. The summed E-state index contributed by atoms with van der Waals surface area (Å²) in [6, 6.07) is 13.0. The number of Topliss-reactive ketones (excluding diaryl/α,β-unsaturated/α-hetero) is 3. The number of halogens is 1. The van der Waals surface area contributed by atoms with Crippen LogP contribution >= 0.6 is 11.6 Å². The van der Waals surface area contributed by atoms with Crippen molar-refractivity contribution in [2.45, 2.75) is 19.8 Å². The summed E-state index contributed by atoms with van der Waals surface area (Å²) in [5.41, 5.74) is 0.816. The lowest BCUT2D eigenvalue weighted by Gasteiger charge is -2.15. The van der Waals surface area contributed by atoms with Crippen LogP contribution < -0.4 is 4.74 Å². The van der Waals surface area contributed by atoms with Gasteiger partial charge in [-0.1, -0.05) is 11.6 Å². The maximum atomic E-state index is 12.8. The van der Waals surface area contributed by atoms with Crippen LogP contribution in [0, 0.1) is 5.92 Å². The number of rotatable bonds is 8. The number of methoxy groups -OCH3 is 1. The number of hydrogen-bond acceptors (Lipinski definition) is 4. The zero-order valence-electron chi connectivity index (χ0n) is 14.1. The molecule has 4 nitrogen and oxygen atoms in total. The van der Waals surface area contributed by atoms with Crippen LogP contribution in [0.3, 0.4) is 0 Å². The van der Waals surface area contributed by atoms with Gasteiger partial charge in [-0.3, -0.25) is 9.59 Å². The number of ketones is 3. The van der Waals surface area contributed by atoms with E-state index in [1.165, 1.54) is 14.0 Å². The van der Waals surface area contributed by atoms with Gasteiger partial charge in [0.25, 0.3) is 0 Å². The molecule has 0 saturated heterocycles. The second-order valence-corrected chi connectivity index (χ2v) is 6.19. The molecule has 0 heterocycles. The molecule has 0 fully saturated rings. The summed E-state index contributed by atoms with van der Waals surface area (Å²) in [6.07, 6.45) is 0.355. The van der Waals surface area contributed by atoms with Crippen molar-refractivity contribution >= 4 is 29.0 Å². The fourth-order valence-electron chi connectivity index (χ4n) is 2.50. The molecule has 0 aliphatic rings. The second kappa shape index (κ2) is 8.58. The third-order valence-corrected chi connectivity index (χ3v) is 4.17. The van der Waals surface area contributed by atoms with E-state index in [9.17, 15) is 14.4 Å². The van der Waals surface area contributed by atoms with Gasteiger partial charge in [0.05, 0.1) is 13.0 Å². The highest BCUT2D eigenvalue weighted by Crippen LogP contribution is 2.22. The minimum atomic E-state index is -0.904. The van der Waals surface area contributed by atoms with Gasteiger partial charge in [0.2, 0.25) is 0 Å². The van der Waals surface area contributed by atoms with Crippen molar-refractivity contribution in [3.05, 3.63) is 64.7 Å². The molecule has 0 radical (unpaired) electrons. The van der Waals surface area contributed by atoms with E-state index < -0.39 is 5.92 Å². The van der Waals surface area contributed by atoms with E-state index in [0.29, 0.717) is 21.9 Å². The van der Waals surface area contributed by atoms with Gasteiger partial charge >= 0.3 is 0 Å². The summed E-state index contributed by atoms with van der Waals surface area (Å²) in [4.78, 5) is 37.0. The summed E-state index contributed by atoms with van der Waals surface area (Å²) in [6.45, 7) is 1.45. The molecule has 25 heavy (non-hydrogen) atoms. The Morgan fingerprint density at radius 1 is 0.920 bits per heavy atom. The number of hydrogen-bond donors (Lipinski definition) is 0.